The van der Waals surface area contributed by atoms with E-state index < -0.39 is 26.6 Å². The summed E-state index contributed by atoms with van der Waals surface area (Å²) in [6.07, 6.45) is 2.24. The van der Waals surface area contributed by atoms with Crippen LogP contribution in [0.4, 0.5) is 8.78 Å². The van der Waals surface area contributed by atoms with Crippen molar-refractivity contribution in [3.8, 4) is 0 Å². The molecule has 0 atom stereocenters. The van der Waals surface area contributed by atoms with E-state index in [0.29, 0.717) is 36.3 Å². The zero-order valence-corrected chi connectivity index (χ0v) is 18.4. The molecule has 1 aliphatic heterocycles. The van der Waals surface area contributed by atoms with Gasteiger partial charge in [0.1, 0.15) is 16.5 Å². The number of sulfonamides is 1. The molecule has 0 saturated carbocycles. The Labute approximate surface area is 183 Å². The average Bonchev–Trinajstić information content (AvgIpc) is 3.13. The van der Waals surface area contributed by atoms with E-state index in [0.717, 1.165) is 21.3 Å². The molecule has 30 heavy (non-hydrogen) atoms. The summed E-state index contributed by atoms with van der Waals surface area (Å²) in [5.41, 5.74) is 0. The SMILES string of the molecule is C=CCN(Cc1ccc(Cl)s1)C(=O)C1CCN(S(=O)(=O)c2cc(F)ccc2F)CC1. The van der Waals surface area contributed by atoms with Crippen molar-refractivity contribution in [2.24, 2.45) is 5.92 Å². The minimum atomic E-state index is -4.18. The standard InChI is InChI=1S/C20H21ClF2N2O3S2/c1-2-9-24(13-16-4-6-19(21)29-16)20(26)14-7-10-25(11-8-14)30(27,28)18-12-15(22)3-5-17(18)23/h2-6,12,14H,1,7-11,13H2. The first-order valence-corrected chi connectivity index (χ1v) is 11.9. The van der Waals surface area contributed by atoms with Gasteiger partial charge in [-0.05, 0) is 43.2 Å². The van der Waals surface area contributed by atoms with Crippen LogP contribution in [-0.2, 0) is 21.4 Å². The second kappa shape index (κ2) is 9.55. The Kier molecular flexibility index (Phi) is 7.28. The number of hydrogen-bond acceptors (Lipinski definition) is 4. The van der Waals surface area contributed by atoms with Crippen molar-refractivity contribution in [2.75, 3.05) is 19.6 Å². The number of hydrogen-bond donors (Lipinski definition) is 0. The van der Waals surface area contributed by atoms with Gasteiger partial charge in [0.25, 0.3) is 0 Å². The van der Waals surface area contributed by atoms with Gasteiger partial charge in [0, 0.05) is 30.4 Å². The molecule has 0 radical (unpaired) electrons. The highest BCUT2D eigenvalue weighted by molar-refractivity contribution is 7.89. The number of halogens is 3. The monoisotopic (exact) mass is 474 g/mol. The third kappa shape index (κ3) is 5.08. The third-order valence-corrected chi connectivity index (χ3v) is 8.08. The predicted molar refractivity (Wildman–Crippen MR) is 113 cm³/mol. The maximum absolute atomic E-state index is 14.0. The average molecular weight is 475 g/mol. The summed E-state index contributed by atoms with van der Waals surface area (Å²) in [5.74, 6) is -2.27. The molecule has 1 aromatic carbocycles. The van der Waals surface area contributed by atoms with Crippen molar-refractivity contribution in [1.29, 1.82) is 0 Å². The second-order valence-corrected chi connectivity index (χ2v) is 10.7. The van der Waals surface area contributed by atoms with Crippen LogP contribution in [-0.4, -0.2) is 43.2 Å². The zero-order valence-electron chi connectivity index (χ0n) is 16.1. The van der Waals surface area contributed by atoms with Crippen molar-refractivity contribution in [1.82, 2.24) is 9.21 Å². The number of carbonyl (C=O) groups is 1. The van der Waals surface area contributed by atoms with E-state index in [-0.39, 0.29) is 24.9 Å². The van der Waals surface area contributed by atoms with Gasteiger partial charge in [-0.15, -0.1) is 17.9 Å². The summed E-state index contributed by atoms with van der Waals surface area (Å²) in [6.45, 7) is 4.57. The van der Waals surface area contributed by atoms with Gasteiger partial charge in [-0.25, -0.2) is 17.2 Å². The van der Waals surface area contributed by atoms with Gasteiger partial charge in [0.15, 0.2) is 0 Å². The fourth-order valence-corrected chi connectivity index (χ4v) is 6.08. The van der Waals surface area contributed by atoms with Crippen LogP contribution in [0.25, 0.3) is 0 Å². The van der Waals surface area contributed by atoms with E-state index in [9.17, 15) is 22.0 Å². The van der Waals surface area contributed by atoms with Gasteiger partial charge < -0.3 is 4.90 Å². The van der Waals surface area contributed by atoms with Gasteiger partial charge in [-0.2, -0.15) is 4.31 Å². The molecule has 1 fully saturated rings. The molecular formula is C20H21ClF2N2O3S2. The van der Waals surface area contributed by atoms with E-state index >= 15 is 0 Å². The lowest BCUT2D eigenvalue weighted by Gasteiger charge is -2.33. The molecule has 162 valence electrons. The van der Waals surface area contributed by atoms with Crippen molar-refractivity contribution < 1.29 is 22.0 Å². The van der Waals surface area contributed by atoms with Gasteiger partial charge in [0.05, 0.1) is 10.9 Å². The molecule has 2 aromatic rings. The highest BCUT2D eigenvalue weighted by Gasteiger charge is 2.35. The largest absolute Gasteiger partial charge is 0.334 e. The molecule has 10 heteroatoms. The summed E-state index contributed by atoms with van der Waals surface area (Å²) in [7, 11) is -4.18. The summed E-state index contributed by atoms with van der Waals surface area (Å²) in [4.78, 5) is 14.9. The molecule has 5 nitrogen and oxygen atoms in total. The molecule has 1 aromatic heterocycles. The number of nitrogens with zero attached hydrogens (tertiary/aromatic N) is 2. The smallest absolute Gasteiger partial charge is 0.246 e. The van der Waals surface area contributed by atoms with Gasteiger partial charge in [0.2, 0.25) is 15.9 Å². The van der Waals surface area contributed by atoms with Crippen LogP contribution < -0.4 is 0 Å². The molecule has 0 bridgehead atoms. The molecule has 1 amide bonds. The fourth-order valence-electron chi connectivity index (χ4n) is 3.43. The first-order chi connectivity index (χ1) is 14.2. The highest BCUT2D eigenvalue weighted by Crippen LogP contribution is 2.28. The fraction of sp³-hybridized carbons (Fsp3) is 0.350. The van der Waals surface area contributed by atoms with Crippen molar-refractivity contribution >= 4 is 38.9 Å². The molecule has 0 aliphatic carbocycles. The summed E-state index contributed by atoms with van der Waals surface area (Å²) >= 11 is 7.36. The Bertz CT molecular complexity index is 1030. The van der Waals surface area contributed by atoms with Crippen molar-refractivity contribution in [2.45, 2.75) is 24.3 Å². The maximum atomic E-state index is 14.0. The zero-order chi connectivity index (χ0) is 21.9. The highest BCUT2D eigenvalue weighted by atomic mass is 35.5. The Morgan fingerprint density at radius 2 is 1.97 bits per heavy atom. The lowest BCUT2D eigenvalue weighted by Crippen LogP contribution is -2.44. The lowest BCUT2D eigenvalue weighted by atomic mass is 9.96. The molecule has 0 N–H and O–H groups in total. The maximum Gasteiger partial charge on any atom is 0.246 e. The third-order valence-electron chi connectivity index (χ3n) is 4.95. The molecule has 1 aliphatic rings. The predicted octanol–water partition coefficient (Wildman–Crippen LogP) is 4.30. The van der Waals surface area contributed by atoms with Crippen molar-refractivity contribution in [3.63, 3.8) is 0 Å². The van der Waals surface area contributed by atoms with Crippen LogP contribution in [0.5, 0.6) is 0 Å². The molecular weight excluding hydrogens is 454 g/mol. The van der Waals surface area contributed by atoms with Crippen LogP contribution in [0.15, 0.2) is 47.9 Å². The van der Waals surface area contributed by atoms with E-state index in [2.05, 4.69) is 6.58 Å². The Morgan fingerprint density at radius 3 is 2.57 bits per heavy atom. The van der Waals surface area contributed by atoms with E-state index in [1.165, 1.54) is 11.3 Å². The minimum absolute atomic E-state index is 0.0570. The van der Waals surface area contributed by atoms with Gasteiger partial charge in [-0.3, -0.25) is 4.79 Å². The minimum Gasteiger partial charge on any atom is -0.334 e. The second-order valence-electron chi connectivity index (χ2n) is 6.97. The molecule has 0 unspecified atom stereocenters. The Morgan fingerprint density at radius 1 is 1.27 bits per heavy atom. The summed E-state index contributed by atoms with van der Waals surface area (Å²) in [6, 6.07) is 5.97. The quantitative estimate of drug-likeness (QED) is 0.562. The molecule has 2 heterocycles. The number of carbonyl (C=O) groups excluding carboxylic acids is 1. The lowest BCUT2D eigenvalue weighted by molar-refractivity contribution is -0.136. The molecule has 3 rings (SSSR count). The van der Waals surface area contributed by atoms with E-state index in [1.54, 1.807) is 17.0 Å². The summed E-state index contributed by atoms with van der Waals surface area (Å²) < 4.78 is 54.6. The van der Waals surface area contributed by atoms with E-state index in [4.69, 9.17) is 11.6 Å². The summed E-state index contributed by atoms with van der Waals surface area (Å²) in [5, 5.41) is 0. The number of amides is 1. The van der Waals surface area contributed by atoms with Crippen LogP contribution in [0.2, 0.25) is 4.34 Å². The van der Waals surface area contributed by atoms with Gasteiger partial charge in [-0.1, -0.05) is 17.7 Å². The van der Waals surface area contributed by atoms with Gasteiger partial charge >= 0.3 is 0 Å². The number of piperidine rings is 1. The number of thiophene rings is 1. The first kappa shape index (κ1) is 22.9. The van der Waals surface area contributed by atoms with Crippen LogP contribution in [0.3, 0.4) is 0 Å². The van der Waals surface area contributed by atoms with E-state index in [1.807, 2.05) is 6.07 Å². The van der Waals surface area contributed by atoms with Crippen LogP contribution in [0, 0.1) is 17.6 Å². The topological polar surface area (TPSA) is 57.7 Å². The van der Waals surface area contributed by atoms with Crippen molar-refractivity contribution in [3.05, 3.63) is 63.8 Å². The number of benzene rings is 1. The van der Waals surface area contributed by atoms with Crippen LogP contribution >= 0.6 is 22.9 Å². The van der Waals surface area contributed by atoms with Crippen LogP contribution in [0.1, 0.15) is 17.7 Å². The Hall–Kier alpha value is -1.81. The molecule has 0 spiro atoms. The molecule has 1 saturated heterocycles. The Balaban J connectivity index is 1.68. The normalized spacial score (nSPS) is 15.8. The number of rotatable bonds is 7. The first-order valence-electron chi connectivity index (χ1n) is 9.31.